The lowest BCUT2D eigenvalue weighted by atomic mass is 9.84. The number of amides is 2. The van der Waals surface area contributed by atoms with Gasteiger partial charge in [-0.2, -0.15) is 0 Å². The maximum Gasteiger partial charge on any atom is 0.242 e. The Morgan fingerprint density at radius 1 is 1.30 bits per heavy atom. The van der Waals surface area contributed by atoms with Crippen molar-refractivity contribution in [2.75, 3.05) is 6.61 Å². The molecule has 0 bridgehead atoms. The molecule has 1 saturated carbocycles. The van der Waals surface area contributed by atoms with Crippen molar-refractivity contribution in [3.8, 4) is 5.75 Å². The van der Waals surface area contributed by atoms with Crippen LogP contribution >= 0.6 is 11.6 Å². The molecule has 1 aliphatic carbocycles. The summed E-state index contributed by atoms with van der Waals surface area (Å²) in [7, 11) is 0. The van der Waals surface area contributed by atoms with Crippen molar-refractivity contribution in [3.05, 3.63) is 28.8 Å². The lowest BCUT2D eigenvalue weighted by Crippen LogP contribution is -2.48. The first kappa shape index (κ1) is 16.1. The average molecular weight is 337 g/mol. The summed E-state index contributed by atoms with van der Waals surface area (Å²) in [5.41, 5.74) is 0.884. The zero-order chi connectivity index (χ0) is 16.4. The Hall–Kier alpha value is -1.75. The number of carbonyl (C=O) groups excluding carboxylic acids is 2. The van der Waals surface area contributed by atoms with Crippen molar-refractivity contribution in [1.82, 2.24) is 10.6 Å². The number of benzene rings is 1. The molecular weight excluding hydrogens is 316 g/mol. The standard InChI is InChI=1S/C17H21ClN2O3/c1-10(19-17(22)11-4-2-5-11)16(21)20-14-8-9-23-15-12(14)6-3-7-13(15)18/h3,6-7,10-11,14H,2,4-5,8-9H2,1H3,(H,19,22)(H,20,21). The van der Waals surface area contributed by atoms with Gasteiger partial charge >= 0.3 is 0 Å². The van der Waals surface area contributed by atoms with Crippen molar-refractivity contribution < 1.29 is 14.3 Å². The number of hydrogen-bond acceptors (Lipinski definition) is 3. The van der Waals surface area contributed by atoms with Gasteiger partial charge in [-0.3, -0.25) is 9.59 Å². The van der Waals surface area contributed by atoms with E-state index in [1.165, 1.54) is 0 Å². The van der Waals surface area contributed by atoms with Gasteiger partial charge < -0.3 is 15.4 Å². The van der Waals surface area contributed by atoms with Gasteiger partial charge in [-0.05, 0) is 25.8 Å². The lowest BCUT2D eigenvalue weighted by molar-refractivity contribution is -0.132. The van der Waals surface area contributed by atoms with E-state index in [1.807, 2.05) is 12.1 Å². The molecule has 0 radical (unpaired) electrons. The second-order valence-electron chi connectivity index (χ2n) is 6.21. The van der Waals surface area contributed by atoms with E-state index in [4.69, 9.17) is 16.3 Å². The monoisotopic (exact) mass is 336 g/mol. The largest absolute Gasteiger partial charge is 0.492 e. The number of halogens is 1. The van der Waals surface area contributed by atoms with E-state index in [9.17, 15) is 9.59 Å². The Balaban J connectivity index is 1.62. The molecule has 2 aliphatic rings. The quantitative estimate of drug-likeness (QED) is 0.888. The number of carbonyl (C=O) groups is 2. The molecule has 1 fully saturated rings. The third kappa shape index (κ3) is 3.44. The highest BCUT2D eigenvalue weighted by molar-refractivity contribution is 6.32. The molecule has 6 heteroatoms. The first-order valence-corrected chi connectivity index (χ1v) is 8.46. The van der Waals surface area contributed by atoms with E-state index in [1.54, 1.807) is 13.0 Å². The minimum absolute atomic E-state index is 0.0191. The summed E-state index contributed by atoms with van der Waals surface area (Å²) in [6.07, 6.45) is 3.62. The fraction of sp³-hybridized carbons (Fsp3) is 0.529. The Bertz CT molecular complexity index is 616. The van der Waals surface area contributed by atoms with Crippen LogP contribution in [0.2, 0.25) is 5.02 Å². The van der Waals surface area contributed by atoms with Crippen molar-refractivity contribution in [2.24, 2.45) is 5.92 Å². The van der Waals surface area contributed by atoms with Crippen LogP contribution in [0.5, 0.6) is 5.75 Å². The van der Waals surface area contributed by atoms with E-state index in [0.29, 0.717) is 23.8 Å². The van der Waals surface area contributed by atoms with Crippen molar-refractivity contribution in [3.63, 3.8) is 0 Å². The summed E-state index contributed by atoms with van der Waals surface area (Å²) in [6, 6.07) is 4.83. The maximum atomic E-state index is 12.4. The summed E-state index contributed by atoms with van der Waals surface area (Å²) in [5, 5.41) is 6.34. The van der Waals surface area contributed by atoms with Gasteiger partial charge in [0.05, 0.1) is 17.7 Å². The molecule has 2 N–H and O–H groups in total. The lowest BCUT2D eigenvalue weighted by Gasteiger charge is -2.29. The van der Waals surface area contributed by atoms with Gasteiger partial charge in [0.25, 0.3) is 0 Å². The van der Waals surface area contributed by atoms with Crippen LogP contribution in [-0.2, 0) is 9.59 Å². The molecule has 1 aromatic rings. The summed E-state index contributed by atoms with van der Waals surface area (Å²) >= 11 is 6.14. The molecule has 2 unspecified atom stereocenters. The molecule has 3 rings (SSSR count). The topological polar surface area (TPSA) is 67.4 Å². The molecule has 0 saturated heterocycles. The molecule has 0 aromatic heterocycles. The highest BCUT2D eigenvalue weighted by Gasteiger charge is 2.29. The Labute approximate surface area is 140 Å². The molecule has 0 spiro atoms. The van der Waals surface area contributed by atoms with Crippen LogP contribution < -0.4 is 15.4 Å². The highest BCUT2D eigenvalue weighted by atomic mass is 35.5. The number of nitrogens with one attached hydrogen (secondary N) is 2. The number of hydrogen-bond donors (Lipinski definition) is 2. The first-order valence-electron chi connectivity index (χ1n) is 8.08. The summed E-state index contributed by atoms with van der Waals surface area (Å²) in [5.74, 6) is 0.509. The van der Waals surface area contributed by atoms with Gasteiger partial charge in [0.1, 0.15) is 11.8 Å². The fourth-order valence-electron chi connectivity index (χ4n) is 2.90. The molecule has 2 amide bonds. The van der Waals surface area contributed by atoms with Gasteiger partial charge in [-0.15, -0.1) is 0 Å². The number of rotatable bonds is 4. The van der Waals surface area contributed by atoms with Crippen LogP contribution in [0.4, 0.5) is 0 Å². The summed E-state index contributed by atoms with van der Waals surface area (Å²) in [4.78, 5) is 24.3. The Morgan fingerprint density at radius 3 is 2.78 bits per heavy atom. The zero-order valence-corrected chi connectivity index (χ0v) is 13.9. The van der Waals surface area contributed by atoms with Crippen LogP contribution in [-0.4, -0.2) is 24.5 Å². The van der Waals surface area contributed by atoms with Gasteiger partial charge in [-0.1, -0.05) is 30.2 Å². The third-order valence-corrected chi connectivity index (χ3v) is 4.87. The molecular formula is C17H21ClN2O3. The van der Waals surface area contributed by atoms with Gasteiger partial charge in [0.2, 0.25) is 11.8 Å². The van der Waals surface area contributed by atoms with Crippen molar-refractivity contribution >= 4 is 23.4 Å². The van der Waals surface area contributed by atoms with E-state index in [2.05, 4.69) is 10.6 Å². The maximum absolute atomic E-state index is 12.4. The third-order valence-electron chi connectivity index (χ3n) is 4.57. The van der Waals surface area contributed by atoms with E-state index < -0.39 is 6.04 Å². The zero-order valence-electron chi connectivity index (χ0n) is 13.1. The molecule has 1 aliphatic heterocycles. The summed E-state index contributed by atoms with van der Waals surface area (Å²) < 4.78 is 5.59. The van der Waals surface area contributed by atoms with Gasteiger partial charge in [0.15, 0.2) is 0 Å². The number of para-hydroxylation sites is 1. The van der Waals surface area contributed by atoms with E-state index in [0.717, 1.165) is 24.8 Å². The predicted octanol–water partition coefficient (Wildman–Crippen LogP) is 2.58. The summed E-state index contributed by atoms with van der Waals surface area (Å²) in [6.45, 7) is 2.22. The second-order valence-corrected chi connectivity index (χ2v) is 6.62. The van der Waals surface area contributed by atoms with Gasteiger partial charge in [-0.25, -0.2) is 0 Å². The normalized spacial score (nSPS) is 21.4. The smallest absolute Gasteiger partial charge is 0.242 e. The molecule has 23 heavy (non-hydrogen) atoms. The highest BCUT2D eigenvalue weighted by Crippen LogP contribution is 2.37. The predicted molar refractivity (Wildman–Crippen MR) is 87.4 cm³/mol. The van der Waals surface area contributed by atoms with E-state index >= 15 is 0 Å². The minimum Gasteiger partial charge on any atom is -0.492 e. The van der Waals surface area contributed by atoms with Gasteiger partial charge in [0, 0.05) is 17.9 Å². The molecule has 124 valence electrons. The van der Waals surface area contributed by atoms with Crippen LogP contribution in [0.25, 0.3) is 0 Å². The first-order chi connectivity index (χ1) is 11.1. The average Bonchev–Trinajstić information content (AvgIpc) is 2.46. The Morgan fingerprint density at radius 2 is 2.09 bits per heavy atom. The minimum atomic E-state index is -0.548. The number of ether oxygens (including phenoxy) is 1. The van der Waals surface area contributed by atoms with Crippen LogP contribution in [0.1, 0.15) is 44.2 Å². The van der Waals surface area contributed by atoms with Crippen LogP contribution in [0.15, 0.2) is 18.2 Å². The molecule has 1 aromatic carbocycles. The van der Waals surface area contributed by atoms with Crippen LogP contribution in [0.3, 0.4) is 0 Å². The SMILES string of the molecule is CC(NC(=O)C1CCC1)C(=O)NC1CCOc2c(Cl)cccc21. The van der Waals surface area contributed by atoms with Crippen molar-refractivity contribution in [1.29, 1.82) is 0 Å². The second kappa shape index (κ2) is 6.79. The molecule has 1 heterocycles. The molecule has 5 nitrogen and oxygen atoms in total. The molecule has 2 atom stereocenters. The Kier molecular flexibility index (Phi) is 4.76. The van der Waals surface area contributed by atoms with Crippen LogP contribution in [0, 0.1) is 5.92 Å². The number of fused-ring (bicyclic) bond motifs is 1. The fourth-order valence-corrected chi connectivity index (χ4v) is 3.14. The van der Waals surface area contributed by atoms with Crippen molar-refractivity contribution in [2.45, 2.75) is 44.7 Å². The van der Waals surface area contributed by atoms with E-state index in [-0.39, 0.29) is 23.8 Å².